The van der Waals surface area contributed by atoms with Crippen molar-refractivity contribution in [3.05, 3.63) is 46.3 Å². The summed E-state index contributed by atoms with van der Waals surface area (Å²) in [6.07, 6.45) is 1.45. The highest BCUT2D eigenvalue weighted by atomic mass is 32.2. The maximum Gasteiger partial charge on any atom is 0.269 e. The minimum atomic E-state index is -3.77. The van der Waals surface area contributed by atoms with E-state index in [-0.39, 0.29) is 16.3 Å². The number of nitrogens with zero attached hydrogens (tertiary/aromatic N) is 3. The Morgan fingerprint density at radius 2 is 1.95 bits per heavy atom. The molecule has 0 spiro atoms. The summed E-state index contributed by atoms with van der Waals surface area (Å²) >= 11 is 0. The van der Waals surface area contributed by atoms with E-state index < -0.39 is 14.9 Å². The largest absolute Gasteiger partial charge is 0.280 e. The van der Waals surface area contributed by atoms with Crippen LogP contribution < -0.4 is 4.72 Å². The van der Waals surface area contributed by atoms with Gasteiger partial charge in [0.25, 0.3) is 15.7 Å². The zero-order chi connectivity index (χ0) is 15.6. The number of aryl methyl sites for hydroxylation is 2. The van der Waals surface area contributed by atoms with Gasteiger partial charge in [-0.15, -0.1) is 0 Å². The summed E-state index contributed by atoms with van der Waals surface area (Å²) in [5.74, 6) is 0. The summed E-state index contributed by atoms with van der Waals surface area (Å²) in [6.45, 7) is 4.02. The van der Waals surface area contributed by atoms with Crippen molar-refractivity contribution >= 4 is 21.4 Å². The van der Waals surface area contributed by atoms with E-state index in [1.807, 2.05) is 6.92 Å². The molecule has 1 aromatic carbocycles. The molecule has 0 saturated carbocycles. The zero-order valence-corrected chi connectivity index (χ0v) is 12.3. The zero-order valence-electron chi connectivity index (χ0n) is 11.5. The molecule has 0 saturated heterocycles. The van der Waals surface area contributed by atoms with E-state index in [0.717, 1.165) is 0 Å². The lowest BCUT2D eigenvalue weighted by molar-refractivity contribution is -0.384. The number of aromatic nitrogens is 2. The standard InChI is InChI=1S/C12H14N4O4S/c1-3-15-8-12(9(2)13-15)21(19,20)14-10-4-6-11(7-5-10)16(17)18/h4-8,14H,3H2,1-2H3. The van der Waals surface area contributed by atoms with Gasteiger partial charge in [0.05, 0.1) is 10.6 Å². The molecule has 0 aliphatic rings. The number of nitro groups is 1. The van der Waals surface area contributed by atoms with Gasteiger partial charge in [0.1, 0.15) is 4.90 Å². The van der Waals surface area contributed by atoms with Gasteiger partial charge in [-0.25, -0.2) is 8.42 Å². The van der Waals surface area contributed by atoms with Crippen molar-refractivity contribution < 1.29 is 13.3 Å². The highest BCUT2D eigenvalue weighted by molar-refractivity contribution is 7.92. The first-order chi connectivity index (χ1) is 9.83. The van der Waals surface area contributed by atoms with Crippen LogP contribution in [0.3, 0.4) is 0 Å². The van der Waals surface area contributed by atoms with Crippen LogP contribution in [0.4, 0.5) is 11.4 Å². The average molecular weight is 310 g/mol. The van der Waals surface area contributed by atoms with Gasteiger partial charge in [-0.1, -0.05) is 0 Å². The van der Waals surface area contributed by atoms with Gasteiger partial charge in [-0.05, 0) is 26.0 Å². The van der Waals surface area contributed by atoms with E-state index in [1.165, 1.54) is 35.1 Å². The Kier molecular flexibility index (Phi) is 3.94. The minimum Gasteiger partial charge on any atom is -0.280 e. The molecule has 1 N–H and O–H groups in total. The molecule has 0 unspecified atom stereocenters. The van der Waals surface area contributed by atoms with Crippen LogP contribution in [0.1, 0.15) is 12.6 Å². The number of nitrogens with one attached hydrogen (secondary N) is 1. The Hall–Kier alpha value is -2.42. The number of non-ortho nitro benzene ring substituents is 1. The molecule has 0 amide bonds. The molecular formula is C12H14N4O4S. The monoisotopic (exact) mass is 310 g/mol. The van der Waals surface area contributed by atoms with Crippen LogP contribution in [0.5, 0.6) is 0 Å². The smallest absolute Gasteiger partial charge is 0.269 e. The number of nitro benzene ring substituents is 1. The molecule has 0 bridgehead atoms. The molecule has 0 aliphatic carbocycles. The highest BCUT2D eigenvalue weighted by Gasteiger charge is 2.20. The summed E-state index contributed by atoms with van der Waals surface area (Å²) in [6, 6.07) is 5.16. The first-order valence-corrected chi connectivity index (χ1v) is 7.63. The van der Waals surface area contributed by atoms with Gasteiger partial charge in [0.2, 0.25) is 0 Å². The lowest BCUT2D eigenvalue weighted by Gasteiger charge is -2.06. The lowest BCUT2D eigenvalue weighted by Crippen LogP contribution is -2.13. The predicted octanol–water partition coefficient (Wildman–Crippen LogP) is 1.92. The molecular weight excluding hydrogens is 296 g/mol. The SMILES string of the molecule is CCn1cc(S(=O)(=O)Nc2ccc([N+](=O)[O-])cc2)c(C)n1. The maximum absolute atomic E-state index is 12.3. The van der Waals surface area contributed by atoms with Crippen molar-refractivity contribution in [3.63, 3.8) is 0 Å². The highest BCUT2D eigenvalue weighted by Crippen LogP contribution is 2.20. The van der Waals surface area contributed by atoms with Crippen LogP contribution in [0.2, 0.25) is 0 Å². The molecule has 2 aromatic rings. The predicted molar refractivity (Wildman–Crippen MR) is 76.5 cm³/mol. The molecule has 0 aliphatic heterocycles. The number of hydrogen-bond acceptors (Lipinski definition) is 5. The second-order valence-corrected chi connectivity index (χ2v) is 5.99. The van der Waals surface area contributed by atoms with Crippen molar-refractivity contribution in [2.75, 3.05) is 4.72 Å². The molecule has 0 atom stereocenters. The minimum absolute atomic E-state index is 0.0858. The molecule has 1 aromatic heterocycles. The molecule has 0 radical (unpaired) electrons. The number of hydrogen-bond donors (Lipinski definition) is 1. The van der Waals surface area contributed by atoms with Crippen molar-refractivity contribution in [1.82, 2.24) is 9.78 Å². The Morgan fingerprint density at radius 1 is 1.33 bits per heavy atom. The number of benzene rings is 1. The second-order valence-electron chi connectivity index (χ2n) is 4.34. The van der Waals surface area contributed by atoms with E-state index >= 15 is 0 Å². The van der Waals surface area contributed by atoms with Crippen molar-refractivity contribution in [2.24, 2.45) is 0 Å². The van der Waals surface area contributed by atoms with Crippen LogP contribution in [0.15, 0.2) is 35.4 Å². The van der Waals surface area contributed by atoms with E-state index in [4.69, 9.17) is 0 Å². The molecule has 21 heavy (non-hydrogen) atoms. The van der Waals surface area contributed by atoms with Crippen LogP contribution in [0, 0.1) is 17.0 Å². The summed E-state index contributed by atoms with van der Waals surface area (Å²) < 4.78 is 28.4. The van der Waals surface area contributed by atoms with Crippen molar-refractivity contribution in [3.8, 4) is 0 Å². The Morgan fingerprint density at radius 3 is 2.43 bits per heavy atom. The third kappa shape index (κ3) is 3.19. The van der Waals surface area contributed by atoms with Crippen LogP contribution in [-0.4, -0.2) is 23.1 Å². The van der Waals surface area contributed by atoms with Crippen LogP contribution in [-0.2, 0) is 16.6 Å². The number of rotatable bonds is 5. The maximum atomic E-state index is 12.3. The molecule has 112 valence electrons. The summed E-state index contributed by atoms with van der Waals surface area (Å²) in [7, 11) is -3.77. The molecule has 2 rings (SSSR count). The van der Waals surface area contributed by atoms with E-state index in [2.05, 4.69) is 9.82 Å². The number of anilines is 1. The first-order valence-electron chi connectivity index (χ1n) is 6.15. The van der Waals surface area contributed by atoms with E-state index in [1.54, 1.807) is 6.92 Å². The van der Waals surface area contributed by atoms with E-state index in [0.29, 0.717) is 12.2 Å². The fraction of sp³-hybridized carbons (Fsp3) is 0.250. The van der Waals surface area contributed by atoms with Crippen molar-refractivity contribution in [1.29, 1.82) is 0 Å². The van der Waals surface area contributed by atoms with Gasteiger partial charge in [-0.2, -0.15) is 5.10 Å². The number of sulfonamides is 1. The molecule has 9 heteroatoms. The van der Waals surface area contributed by atoms with Gasteiger partial charge in [0, 0.05) is 30.6 Å². The van der Waals surface area contributed by atoms with Crippen LogP contribution in [0.25, 0.3) is 0 Å². The fourth-order valence-corrected chi connectivity index (χ4v) is 3.03. The van der Waals surface area contributed by atoms with E-state index in [9.17, 15) is 18.5 Å². The quantitative estimate of drug-likeness (QED) is 0.670. The average Bonchev–Trinajstić information content (AvgIpc) is 2.81. The summed E-state index contributed by atoms with van der Waals surface area (Å²) in [5.41, 5.74) is 0.545. The van der Waals surface area contributed by atoms with Gasteiger partial charge in [-0.3, -0.25) is 19.5 Å². The van der Waals surface area contributed by atoms with Gasteiger partial charge < -0.3 is 0 Å². The Bertz CT molecular complexity index is 765. The second kappa shape index (κ2) is 5.52. The third-order valence-electron chi connectivity index (χ3n) is 2.85. The first kappa shape index (κ1) is 15.0. The molecule has 1 heterocycles. The lowest BCUT2D eigenvalue weighted by atomic mass is 10.3. The summed E-state index contributed by atoms with van der Waals surface area (Å²) in [4.78, 5) is 10.1. The fourth-order valence-electron chi connectivity index (χ4n) is 1.79. The Labute approximate surface area is 121 Å². The molecule has 8 nitrogen and oxygen atoms in total. The third-order valence-corrected chi connectivity index (χ3v) is 4.33. The van der Waals surface area contributed by atoms with Crippen molar-refractivity contribution in [2.45, 2.75) is 25.3 Å². The van der Waals surface area contributed by atoms with Gasteiger partial charge in [0.15, 0.2) is 0 Å². The van der Waals surface area contributed by atoms with Gasteiger partial charge >= 0.3 is 0 Å². The summed E-state index contributed by atoms with van der Waals surface area (Å²) in [5, 5.41) is 14.6. The normalized spacial score (nSPS) is 11.3. The molecule has 0 fully saturated rings. The Balaban J connectivity index is 2.28. The van der Waals surface area contributed by atoms with Crippen LogP contribution >= 0.6 is 0 Å². The topological polar surface area (TPSA) is 107 Å².